The van der Waals surface area contributed by atoms with Crippen LogP contribution in [0.5, 0.6) is 11.5 Å². The number of para-hydroxylation sites is 2. The number of aliphatic carboxylic acids is 1. The van der Waals surface area contributed by atoms with Crippen LogP contribution in [-0.4, -0.2) is 24.3 Å². The van der Waals surface area contributed by atoms with Gasteiger partial charge in [-0.15, -0.1) is 0 Å². The lowest BCUT2D eigenvalue weighted by Crippen LogP contribution is -2.30. The van der Waals surface area contributed by atoms with Gasteiger partial charge in [0.25, 0.3) is 0 Å². The number of hydrogen-bond acceptors (Lipinski definition) is 3. The minimum absolute atomic E-state index is 0.406. The van der Waals surface area contributed by atoms with Crippen molar-refractivity contribution >= 4 is 5.97 Å². The van der Waals surface area contributed by atoms with Crippen molar-refractivity contribution in [3.8, 4) is 11.5 Å². The molecule has 116 valence electrons. The van der Waals surface area contributed by atoms with E-state index in [0.29, 0.717) is 37.1 Å². The Morgan fingerprint density at radius 2 is 2.00 bits per heavy atom. The number of ether oxygens (including phenoxy) is 2. The van der Waals surface area contributed by atoms with Gasteiger partial charge in [-0.3, -0.25) is 4.79 Å². The summed E-state index contributed by atoms with van der Waals surface area (Å²) in [5.41, 5.74) is -0.611. The first kappa shape index (κ1) is 15.7. The first-order chi connectivity index (χ1) is 10.1. The Balaban J connectivity index is 1.96. The molecule has 2 rings (SSSR count). The molecule has 1 saturated carbocycles. The van der Waals surface area contributed by atoms with Gasteiger partial charge in [0.1, 0.15) is 0 Å². The minimum Gasteiger partial charge on any atom is -0.490 e. The molecule has 0 heterocycles. The van der Waals surface area contributed by atoms with Gasteiger partial charge < -0.3 is 14.6 Å². The molecule has 0 aliphatic heterocycles. The van der Waals surface area contributed by atoms with Gasteiger partial charge >= 0.3 is 5.97 Å². The topological polar surface area (TPSA) is 55.8 Å². The molecular weight excluding hydrogens is 268 g/mol. The summed E-state index contributed by atoms with van der Waals surface area (Å²) in [7, 11) is 0. The lowest BCUT2D eigenvalue weighted by molar-refractivity contribution is -0.149. The minimum atomic E-state index is -0.687. The molecule has 1 aliphatic rings. The summed E-state index contributed by atoms with van der Waals surface area (Å²) >= 11 is 0. The van der Waals surface area contributed by atoms with Crippen molar-refractivity contribution in [2.45, 2.75) is 39.5 Å². The van der Waals surface area contributed by atoms with Gasteiger partial charge in [-0.2, -0.15) is 0 Å². The number of benzene rings is 1. The second kappa shape index (κ2) is 6.83. The van der Waals surface area contributed by atoms with Crippen molar-refractivity contribution in [1.82, 2.24) is 0 Å². The Morgan fingerprint density at radius 1 is 1.33 bits per heavy atom. The summed E-state index contributed by atoms with van der Waals surface area (Å²) in [4.78, 5) is 11.6. The van der Waals surface area contributed by atoms with Crippen LogP contribution in [0.4, 0.5) is 0 Å². The fourth-order valence-corrected chi connectivity index (χ4v) is 3.12. The van der Waals surface area contributed by atoms with Gasteiger partial charge in [-0.25, -0.2) is 0 Å². The molecule has 0 radical (unpaired) electrons. The van der Waals surface area contributed by atoms with Crippen LogP contribution in [0.2, 0.25) is 0 Å². The van der Waals surface area contributed by atoms with Crippen LogP contribution >= 0.6 is 0 Å². The third-order valence-electron chi connectivity index (χ3n) is 4.30. The molecule has 2 atom stereocenters. The zero-order valence-corrected chi connectivity index (χ0v) is 12.8. The van der Waals surface area contributed by atoms with Crippen LogP contribution < -0.4 is 9.47 Å². The molecule has 4 heteroatoms. The van der Waals surface area contributed by atoms with Crippen molar-refractivity contribution in [3.05, 3.63) is 24.3 Å². The quantitative estimate of drug-likeness (QED) is 0.831. The summed E-state index contributed by atoms with van der Waals surface area (Å²) in [6, 6.07) is 7.51. The van der Waals surface area contributed by atoms with Gasteiger partial charge in [0.05, 0.1) is 18.6 Å². The molecule has 1 aromatic carbocycles. The van der Waals surface area contributed by atoms with E-state index in [0.717, 1.165) is 19.3 Å². The van der Waals surface area contributed by atoms with Crippen LogP contribution in [0.15, 0.2) is 24.3 Å². The Kier molecular flexibility index (Phi) is 5.10. The predicted molar refractivity (Wildman–Crippen MR) is 80.8 cm³/mol. The van der Waals surface area contributed by atoms with Crippen molar-refractivity contribution in [2.75, 3.05) is 13.2 Å². The van der Waals surface area contributed by atoms with Crippen LogP contribution in [-0.2, 0) is 4.79 Å². The predicted octanol–water partition coefficient (Wildman–Crippen LogP) is 3.75. The third-order valence-corrected chi connectivity index (χ3v) is 4.30. The normalized spacial score (nSPS) is 24.8. The molecule has 1 aliphatic carbocycles. The highest BCUT2D eigenvalue weighted by Crippen LogP contribution is 2.44. The standard InChI is InChI=1S/C17H24O4/c1-3-20-14-6-4-5-7-15(14)21-11-10-17(16(18)19)9-8-13(2)12-17/h4-7,13H,3,8-12H2,1-2H3,(H,18,19). The van der Waals surface area contributed by atoms with E-state index < -0.39 is 11.4 Å². The molecule has 1 aromatic rings. The molecule has 1 fully saturated rings. The lowest BCUT2D eigenvalue weighted by atomic mass is 9.82. The Bertz CT molecular complexity index is 485. The van der Waals surface area contributed by atoms with Crippen LogP contribution in [0.1, 0.15) is 39.5 Å². The molecule has 4 nitrogen and oxygen atoms in total. The van der Waals surface area contributed by atoms with Crippen molar-refractivity contribution in [3.63, 3.8) is 0 Å². The zero-order valence-electron chi connectivity index (χ0n) is 12.8. The van der Waals surface area contributed by atoms with Crippen molar-refractivity contribution in [1.29, 1.82) is 0 Å². The lowest BCUT2D eigenvalue weighted by Gasteiger charge is -2.24. The first-order valence-electron chi connectivity index (χ1n) is 7.65. The summed E-state index contributed by atoms with van der Waals surface area (Å²) in [5, 5.41) is 9.54. The van der Waals surface area contributed by atoms with Crippen LogP contribution in [0.3, 0.4) is 0 Å². The largest absolute Gasteiger partial charge is 0.490 e. The van der Waals surface area contributed by atoms with E-state index in [4.69, 9.17) is 9.47 Å². The molecular formula is C17H24O4. The van der Waals surface area contributed by atoms with Gasteiger partial charge in [0, 0.05) is 0 Å². The highest BCUT2D eigenvalue weighted by molar-refractivity contribution is 5.75. The Hall–Kier alpha value is -1.71. The molecule has 0 aromatic heterocycles. The van der Waals surface area contributed by atoms with E-state index in [2.05, 4.69) is 6.92 Å². The average Bonchev–Trinajstić information content (AvgIpc) is 2.84. The van der Waals surface area contributed by atoms with Gasteiger partial charge in [-0.1, -0.05) is 19.1 Å². The molecule has 2 unspecified atom stereocenters. The number of carboxylic acids is 1. The number of hydrogen-bond donors (Lipinski definition) is 1. The van der Waals surface area contributed by atoms with Gasteiger partial charge in [-0.05, 0) is 50.7 Å². The number of carbonyl (C=O) groups is 1. The summed E-state index contributed by atoms with van der Waals surface area (Å²) < 4.78 is 11.3. The van der Waals surface area contributed by atoms with E-state index in [1.165, 1.54) is 0 Å². The second-order valence-electron chi connectivity index (χ2n) is 5.91. The fraction of sp³-hybridized carbons (Fsp3) is 0.588. The van der Waals surface area contributed by atoms with E-state index in [-0.39, 0.29) is 0 Å². The SMILES string of the molecule is CCOc1ccccc1OCCC1(C(=O)O)CCC(C)C1. The van der Waals surface area contributed by atoms with Crippen molar-refractivity contribution < 1.29 is 19.4 Å². The molecule has 21 heavy (non-hydrogen) atoms. The van der Waals surface area contributed by atoms with E-state index >= 15 is 0 Å². The molecule has 0 saturated heterocycles. The van der Waals surface area contributed by atoms with Gasteiger partial charge in [0.15, 0.2) is 11.5 Å². The molecule has 0 amide bonds. The maximum atomic E-state index is 11.6. The highest BCUT2D eigenvalue weighted by Gasteiger charge is 2.43. The molecule has 0 bridgehead atoms. The van der Waals surface area contributed by atoms with Crippen LogP contribution in [0.25, 0.3) is 0 Å². The van der Waals surface area contributed by atoms with Crippen LogP contribution in [0, 0.1) is 11.3 Å². The van der Waals surface area contributed by atoms with E-state index in [9.17, 15) is 9.90 Å². The average molecular weight is 292 g/mol. The number of rotatable bonds is 7. The third kappa shape index (κ3) is 3.69. The van der Waals surface area contributed by atoms with Crippen molar-refractivity contribution in [2.24, 2.45) is 11.3 Å². The van der Waals surface area contributed by atoms with E-state index in [1.54, 1.807) is 0 Å². The molecule has 1 N–H and O–H groups in total. The first-order valence-corrected chi connectivity index (χ1v) is 7.65. The van der Waals surface area contributed by atoms with Gasteiger partial charge in [0.2, 0.25) is 0 Å². The Morgan fingerprint density at radius 3 is 2.52 bits per heavy atom. The zero-order chi connectivity index (χ0) is 15.3. The number of carboxylic acid groups (broad SMARTS) is 1. The summed E-state index contributed by atoms with van der Waals surface area (Å²) in [6.45, 7) is 5.03. The summed E-state index contributed by atoms with van der Waals surface area (Å²) in [5.74, 6) is 1.19. The second-order valence-corrected chi connectivity index (χ2v) is 5.91. The molecule has 0 spiro atoms. The highest BCUT2D eigenvalue weighted by atomic mass is 16.5. The maximum Gasteiger partial charge on any atom is 0.309 e. The smallest absolute Gasteiger partial charge is 0.309 e. The summed E-state index contributed by atoms with van der Waals surface area (Å²) in [6.07, 6.45) is 3.04. The maximum absolute atomic E-state index is 11.6. The Labute approximate surface area is 126 Å². The fourth-order valence-electron chi connectivity index (χ4n) is 3.12. The van der Waals surface area contributed by atoms with E-state index in [1.807, 2.05) is 31.2 Å². The monoisotopic (exact) mass is 292 g/mol.